The van der Waals surface area contributed by atoms with Crippen molar-refractivity contribution in [3.8, 4) is 28.7 Å². The van der Waals surface area contributed by atoms with Gasteiger partial charge in [0.05, 0.1) is 24.8 Å². The van der Waals surface area contributed by atoms with Crippen molar-refractivity contribution >= 4 is 11.3 Å². The lowest BCUT2D eigenvalue weighted by molar-refractivity contribution is 0.340. The minimum absolute atomic E-state index is 0.215. The van der Waals surface area contributed by atoms with Crippen LogP contribution in [0.15, 0.2) is 72.8 Å². The number of allylic oxidation sites excluding steroid dienone is 1. The highest BCUT2D eigenvalue weighted by molar-refractivity contribution is 6.00. The summed E-state index contributed by atoms with van der Waals surface area (Å²) >= 11 is 0. The van der Waals surface area contributed by atoms with Crippen LogP contribution in [0.3, 0.4) is 0 Å². The maximum atomic E-state index is 9.67. The first kappa shape index (κ1) is 18.8. The van der Waals surface area contributed by atoms with Crippen molar-refractivity contribution in [2.75, 3.05) is 6.61 Å². The topological polar surface area (TPSA) is 57.6 Å². The number of aromatic hydroxyl groups is 1. The van der Waals surface area contributed by atoms with Gasteiger partial charge in [0, 0.05) is 0 Å². The first-order valence-electron chi connectivity index (χ1n) is 8.81. The summed E-state index contributed by atoms with van der Waals surface area (Å²) in [6.07, 6.45) is 0. The molecule has 0 heterocycles. The van der Waals surface area contributed by atoms with Crippen LogP contribution in [0.1, 0.15) is 18.1 Å². The average molecular weight is 366 g/mol. The molecule has 0 unspecified atom stereocenters. The van der Waals surface area contributed by atoms with E-state index in [-0.39, 0.29) is 5.75 Å². The van der Waals surface area contributed by atoms with E-state index in [0.29, 0.717) is 29.0 Å². The van der Waals surface area contributed by atoms with Crippen molar-refractivity contribution in [1.29, 1.82) is 5.26 Å². The molecule has 0 aliphatic rings. The molecule has 0 aliphatic heterocycles. The summed E-state index contributed by atoms with van der Waals surface area (Å²) < 4.78 is 5.43. The molecular formula is C24H18N2O2. The van der Waals surface area contributed by atoms with Crippen LogP contribution < -0.4 is 4.74 Å². The molecule has 1 N–H and O–H groups in total. The fourth-order valence-corrected chi connectivity index (χ4v) is 2.88. The molecule has 4 heteroatoms. The van der Waals surface area contributed by atoms with Crippen LogP contribution in [0, 0.1) is 17.9 Å². The van der Waals surface area contributed by atoms with Crippen molar-refractivity contribution in [2.24, 2.45) is 0 Å². The lowest BCUT2D eigenvalue weighted by Gasteiger charge is -2.08. The molecule has 0 bridgehead atoms. The molecule has 136 valence electrons. The predicted molar refractivity (Wildman–Crippen MR) is 110 cm³/mol. The number of hydrogen-bond acceptors (Lipinski definition) is 3. The lowest BCUT2D eigenvalue weighted by Crippen LogP contribution is -1.92. The van der Waals surface area contributed by atoms with E-state index >= 15 is 0 Å². The van der Waals surface area contributed by atoms with Crippen molar-refractivity contribution in [1.82, 2.24) is 0 Å². The van der Waals surface area contributed by atoms with Gasteiger partial charge in [-0.25, -0.2) is 4.85 Å². The molecule has 0 amide bonds. The summed E-state index contributed by atoms with van der Waals surface area (Å²) in [7, 11) is 0. The molecule has 3 aromatic carbocycles. The van der Waals surface area contributed by atoms with Crippen molar-refractivity contribution < 1.29 is 9.84 Å². The average Bonchev–Trinajstić information content (AvgIpc) is 2.74. The molecule has 3 rings (SSSR count). The van der Waals surface area contributed by atoms with E-state index in [1.807, 2.05) is 43.3 Å². The molecular weight excluding hydrogens is 348 g/mol. The van der Waals surface area contributed by atoms with Gasteiger partial charge in [-0.1, -0.05) is 48.5 Å². The molecule has 0 radical (unpaired) electrons. The maximum absolute atomic E-state index is 9.67. The van der Waals surface area contributed by atoms with E-state index in [1.165, 1.54) is 0 Å². The largest absolute Gasteiger partial charge is 0.508 e. The van der Waals surface area contributed by atoms with Crippen LogP contribution in [-0.2, 0) is 0 Å². The SMILES string of the molecule is [C-]#[N+]C(=C(C#N)c1ccc(OCC)cc1)c1ccc(-c2ccc(O)cc2)cc1. The van der Waals surface area contributed by atoms with Gasteiger partial charge in [0.2, 0.25) is 5.70 Å². The minimum atomic E-state index is 0.215. The highest BCUT2D eigenvalue weighted by Crippen LogP contribution is 2.30. The van der Waals surface area contributed by atoms with E-state index in [1.54, 1.807) is 36.4 Å². The molecule has 3 aromatic rings. The number of phenolic OH excluding ortho intramolecular Hbond substituents is 1. The van der Waals surface area contributed by atoms with Crippen LogP contribution in [0.25, 0.3) is 27.2 Å². The monoisotopic (exact) mass is 366 g/mol. The van der Waals surface area contributed by atoms with Gasteiger partial charge in [0.1, 0.15) is 11.5 Å². The molecule has 0 saturated heterocycles. The first-order chi connectivity index (χ1) is 13.7. The number of nitrogens with zero attached hydrogens (tertiary/aromatic N) is 2. The molecule has 0 aromatic heterocycles. The standard InChI is InChI=1S/C24H18N2O2/c1-3-28-22-14-10-19(11-15-22)23(16-25)24(26-2)20-6-4-17(5-7-20)18-8-12-21(27)13-9-18/h4-15,27H,3H2,1H3. The lowest BCUT2D eigenvalue weighted by atomic mass is 9.98. The molecule has 4 nitrogen and oxygen atoms in total. The summed E-state index contributed by atoms with van der Waals surface area (Å²) in [6, 6.07) is 23.7. The first-order valence-corrected chi connectivity index (χ1v) is 8.81. The zero-order valence-corrected chi connectivity index (χ0v) is 15.4. The highest BCUT2D eigenvalue weighted by Gasteiger charge is 2.12. The van der Waals surface area contributed by atoms with Crippen LogP contribution in [-0.4, -0.2) is 11.7 Å². The summed E-state index contributed by atoms with van der Waals surface area (Å²) in [5, 5.41) is 19.1. The summed E-state index contributed by atoms with van der Waals surface area (Å²) in [4.78, 5) is 3.62. The number of rotatable bonds is 5. The number of nitriles is 1. The summed E-state index contributed by atoms with van der Waals surface area (Å²) in [5.41, 5.74) is 3.93. The Morgan fingerprint density at radius 1 is 0.929 bits per heavy atom. The van der Waals surface area contributed by atoms with Gasteiger partial charge in [0.25, 0.3) is 0 Å². The summed E-state index contributed by atoms with van der Waals surface area (Å²) in [5.74, 6) is 0.943. The molecule has 0 spiro atoms. The number of ether oxygens (including phenoxy) is 1. The van der Waals surface area contributed by atoms with E-state index in [4.69, 9.17) is 11.3 Å². The van der Waals surface area contributed by atoms with Gasteiger partial charge in [-0.2, -0.15) is 5.26 Å². The van der Waals surface area contributed by atoms with Gasteiger partial charge in [-0.15, -0.1) is 0 Å². The predicted octanol–water partition coefficient (Wildman–Crippen LogP) is 5.77. The van der Waals surface area contributed by atoms with Crippen LogP contribution in [0.4, 0.5) is 0 Å². The highest BCUT2D eigenvalue weighted by atomic mass is 16.5. The number of hydrogen-bond donors (Lipinski definition) is 1. The second kappa shape index (κ2) is 8.58. The third-order valence-electron chi connectivity index (χ3n) is 4.27. The Morgan fingerprint density at radius 3 is 1.96 bits per heavy atom. The third-order valence-corrected chi connectivity index (χ3v) is 4.27. The smallest absolute Gasteiger partial charge is 0.212 e. The van der Waals surface area contributed by atoms with Gasteiger partial charge >= 0.3 is 0 Å². The summed E-state index contributed by atoms with van der Waals surface area (Å²) in [6.45, 7) is 10.1. The van der Waals surface area contributed by atoms with Gasteiger partial charge in [-0.05, 0) is 53.4 Å². The Labute approximate surface area is 164 Å². The van der Waals surface area contributed by atoms with E-state index < -0.39 is 0 Å². The van der Waals surface area contributed by atoms with E-state index in [2.05, 4.69) is 10.9 Å². The fraction of sp³-hybridized carbons (Fsp3) is 0.0833. The Hall–Kier alpha value is -4.02. The van der Waals surface area contributed by atoms with Crippen molar-refractivity contribution in [3.05, 3.63) is 95.3 Å². The second-order valence-electron chi connectivity index (χ2n) is 6.03. The Kier molecular flexibility index (Phi) is 5.75. The quantitative estimate of drug-likeness (QED) is 0.354. The van der Waals surface area contributed by atoms with Crippen LogP contribution in [0.2, 0.25) is 0 Å². The maximum Gasteiger partial charge on any atom is 0.212 e. The normalized spacial score (nSPS) is 11.1. The molecule has 0 atom stereocenters. The van der Waals surface area contributed by atoms with Crippen molar-refractivity contribution in [3.63, 3.8) is 0 Å². The Bertz CT molecular complexity index is 1070. The molecule has 0 fully saturated rings. The van der Waals surface area contributed by atoms with Crippen molar-refractivity contribution in [2.45, 2.75) is 6.92 Å². The fourth-order valence-electron chi connectivity index (χ4n) is 2.88. The number of phenols is 1. The zero-order valence-electron chi connectivity index (χ0n) is 15.4. The Balaban J connectivity index is 1.97. The molecule has 28 heavy (non-hydrogen) atoms. The molecule has 0 aliphatic carbocycles. The Morgan fingerprint density at radius 2 is 1.46 bits per heavy atom. The van der Waals surface area contributed by atoms with Crippen LogP contribution >= 0.6 is 0 Å². The third kappa shape index (κ3) is 4.03. The van der Waals surface area contributed by atoms with E-state index in [9.17, 15) is 10.4 Å². The minimum Gasteiger partial charge on any atom is -0.508 e. The molecule has 0 saturated carbocycles. The zero-order chi connectivity index (χ0) is 19.9. The number of benzene rings is 3. The van der Waals surface area contributed by atoms with Crippen LogP contribution in [0.5, 0.6) is 11.5 Å². The van der Waals surface area contributed by atoms with E-state index in [0.717, 1.165) is 16.9 Å². The second-order valence-corrected chi connectivity index (χ2v) is 6.03. The van der Waals surface area contributed by atoms with Gasteiger partial charge < -0.3 is 9.84 Å². The van der Waals surface area contributed by atoms with Gasteiger partial charge in [-0.3, -0.25) is 0 Å². The van der Waals surface area contributed by atoms with Gasteiger partial charge in [0.15, 0.2) is 0 Å².